The molecule has 0 aliphatic carbocycles. The number of fused-ring (bicyclic) bond motifs is 2. The molecular formula is C54H92N6O8S12. The summed E-state index contributed by atoms with van der Waals surface area (Å²) in [5.41, 5.74) is 0.671. The lowest BCUT2D eigenvalue weighted by Crippen LogP contribution is -2.57. The molecule has 2 aromatic rings. The molecule has 4 heterocycles. The summed E-state index contributed by atoms with van der Waals surface area (Å²) in [6.45, 7) is 14.0. The molecular weight excluding hydrogens is 1250 g/mol. The number of hydrogen-bond acceptors (Lipinski definition) is 11. The first-order valence-electron chi connectivity index (χ1n) is 24.7. The summed E-state index contributed by atoms with van der Waals surface area (Å²) in [4.78, 5) is 86.2. The van der Waals surface area contributed by atoms with E-state index in [0.29, 0.717) is 37.9 Å². The summed E-state index contributed by atoms with van der Waals surface area (Å²) >= 11 is 3.35. The number of likely N-dealkylation sites (N-methyl/N-ethyl adjacent to an activating group) is 1. The van der Waals surface area contributed by atoms with Gasteiger partial charge in [-0.1, -0.05) is 114 Å². The predicted octanol–water partition coefficient (Wildman–Crippen LogP) is 6.76. The van der Waals surface area contributed by atoms with Crippen molar-refractivity contribution in [2.24, 2.45) is 22.7 Å². The average Bonchev–Trinajstić information content (AvgIpc) is 3.66. The summed E-state index contributed by atoms with van der Waals surface area (Å²) in [6.07, 6.45) is 3.22. The number of nitrogens with zero attached hydrogens (tertiary/aromatic N) is 2. The number of hydrogen-bond donors (Lipinski definition) is 4. The molecule has 4 fully saturated rings. The van der Waals surface area contributed by atoms with Crippen LogP contribution in [0.2, 0.25) is 0 Å². The first-order chi connectivity index (χ1) is 33.5. The van der Waals surface area contributed by atoms with E-state index in [1.165, 1.54) is 0 Å². The van der Waals surface area contributed by atoms with Gasteiger partial charge >= 0.3 is 0 Å². The van der Waals surface area contributed by atoms with Gasteiger partial charge in [-0.05, 0) is 91.4 Å². The van der Waals surface area contributed by atoms with Crippen molar-refractivity contribution in [3.63, 3.8) is 0 Å². The number of amides is 5. The van der Waals surface area contributed by atoms with Gasteiger partial charge in [-0.15, -0.1) is 23.5 Å². The first-order valence-corrected chi connectivity index (χ1v) is 26.8. The van der Waals surface area contributed by atoms with Crippen molar-refractivity contribution in [2.75, 3.05) is 45.0 Å². The van der Waals surface area contributed by atoms with E-state index in [1.807, 2.05) is 102 Å². The summed E-state index contributed by atoms with van der Waals surface area (Å²) in [6, 6.07) is 15.5. The van der Waals surface area contributed by atoms with Crippen LogP contribution in [0.25, 0.3) is 0 Å². The molecule has 458 valence electrons. The van der Waals surface area contributed by atoms with E-state index in [9.17, 15) is 28.8 Å². The zero-order valence-corrected chi connectivity index (χ0v) is 58.6. The Bertz CT molecular complexity index is 2170. The molecule has 0 saturated carbocycles. The minimum Gasteiger partial charge on any atom is -0.366 e. The molecule has 10 atom stereocenters. The summed E-state index contributed by atoms with van der Waals surface area (Å²) in [5.74, 6) is 11.1. The van der Waals surface area contributed by atoms with Gasteiger partial charge < -0.3 is 40.5 Å². The molecule has 26 heteroatoms. The fraction of sp³-hybridized carbons (Fsp3) is 0.593. The fourth-order valence-corrected chi connectivity index (χ4v) is 13.0. The van der Waals surface area contributed by atoms with E-state index in [1.54, 1.807) is 47.3 Å². The van der Waals surface area contributed by atoms with Gasteiger partial charge in [0, 0.05) is 18.3 Å². The number of ether oxygens (including phenoxy) is 2. The smallest absolute Gasteiger partial charge is 0.246 e. The van der Waals surface area contributed by atoms with E-state index in [4.69, 9.17) is 9.47 Å². The molecule has 5 amide bonds. The molecule has 0 bridgehead atoms. The van der Waals surface area contributed by atoms with Gasteiger partial charge in [-0.3, -0.25) is 28.8 Å². The second kappa shape index (κ2) is 41.7. The van der Waals surface area contributed by atoms with Crippen LogP contribution in [-0.4, -0.2) is 125 Å². The van der Waals surface area contributed by atoms with Gasteiger partial charge in [-0.25, -0.2) is 0 Å². The molecule has 0 radical (unpaired) electrons. The molecule has 2 aromatic carbocycles. The maximum Gasteiger partial charge on any atom is 0.246 e. The van der Waals surface area contributed by atoms with Gasteiger partial charge in [0.25, 0.3) is 0 Å². The van der Waals surface area contributed by atoms with Crippen LogP contribution in [0.1, 0.15) is 110 Å². The SMILES string of the molecule is CC[C@@H](C)C(=O)N[C@H]1CCS[C@H]2CC(C)(C)[C@@H](C(=O)N[C@H](COCC#CC#CCOC[C@@H](NC(=O)[C@H]3N4C(=O)[C@@H](CC(=O)[C@H](C)NC)CCS[C@H]4CC3(C)C)c3ccccc3)c3ccccc3)N2C1=O.S.S.S.S.S.S.S.S.S.S. The van der Waals surface area contributed by atoms with Gasteiger partial charge in [0.2, 0.25) is 29.5 Å². The van der Waals surface area contributed by atoms with Crippen LogP contribution >= 0.6 is 158 Å². The lowest BCUT2D eigenvalue weighted by Gasteiger charge is -2.35. The Labute approximate surface area is 555 Å². The zero-order chi connectivity index (χ0) is 50.6. The van der Waals surface area contributed by atoms with Gasteiger partial charge in [0.05, 0.1) is 42.1 Å². The minimum absolute atomic E-state index is 0. The molecule has 80 heavy (non-hydrogen) atoms. The molecule has 4 aliphatic rings. The minimum atomic E-state index is -0.748. The Morgan fingerprint density at radius 2 is 1.06 bits per heavy atom. The molecule has 0 unspecified atom stereocenters. The van der Waals surface area contributed by atoms with Crippen LogP contribution in [0.3, 0.4) is 0 Å². The fourth-order valence-electron chi connectivity index (χ4n) is 9.82. The van der Waals surface area contributed by atoms with Gasteiger partial charge in [0.15, 0.2) is 0 Å². The molecule has 0 spiro atoms. The number of benzene rings is 2. The molecule has 6 rings (SSSR count). The third-order valence-corrected chi connectivity index (χ3v) is 16.6. The molecule has 4 saturated heterocycles. The topological polar surface area (TPSA) is 175 Å². The van der Waals surface area contributed by atoms with Crippen LogP contribution in [-0.2, 0) is 38.2 Å². The quantitative estimate of drug-likeness (QED) is 0.0864. The number of carbonyl (C=O) groups is 6. The van der Waals surface area contributed by atoms with E-state index in [-0.39, 0.29) is 226 Å². The van der Waals surface area contributed by atoms with E-state index >= 15 is 0 Å². The van der Waals surface area contributed by atoms with Crippen molar-refractivity contribution in [2.45, 2.75) is 134 Å². The lowest BCUT2D eigenvalue weighted by molar-refractivity contribution is -0.145. The number of thioether (sulfide) groups is 2. The zero-order valence-electron chi connectivity index (χ0n) is 47.0. The molecule has 4 N–H and O–H groups in total. The molecule has 14 nitrogen and oxygen atoms in total. The highest BCUT2D eigenvalue weighted by Gasteiger charge is 2.56. The standard InChI is InChI=1S/C54H72N6O8S2.10H2S/c1-9-35(2)48(62)56-40-25-29-70-45-32-54(6,7)47(60(45)52(40)66)50(64)58-42(38-22-16-13-17-23-38)34-68-27-19-11-10-18-26-67-33-41(37-20-14-12-15-21-37)57-49(63)46-53(4,5)31-44-59(46)51(65)39(24-28-69-44)30-43(61)36(3)55-8;;;;;;;;;;/h12-17,20-23,35-36,39-42,44-47,55H,9,24-34H2,1-8H3,(H,56,62)(H,57,63)(H,58,64);10*1H2/t35-,36+,39-,40+,41-,42-,44+,45+,46-,47-;;;;;;;;;;/m1........../s1. The van der Waals surface area contributed by atoms with Crippen molar-refractivity contribution in [1.82, 2.24) is 31.1 Å². The van der Waals surface area contributed by atoms with Crippen molar-refractivity contribution < 1.29 is 38.2 Å². The normalized spacial score (nSPS) is 22.1. The molecule has 4 aliphatic heterocycles. The predicted molar refractivity (Wildman–Crippen MR) is 378 cm³/mol. The number of Topliss-reactive ketones (excluding diaryl/α,β-unsaturated/α-hetero) is 1. The highest BCUT2D eigenvalue weighted by molar-refractivity contribution is 8.00. The second-order valence-corrected chi connectivity index (χ2v) is 22.8. The van der Waals surface area contributed by atoms with Crippen molar-refractivity contribution >= 4 is 194 Å². The monoisotopic (exact) mass is 1340 g/mol. The van der Waals surface area contributed by atoms with Gasteiger partial charge in [-0.2, -0.15) is 135 Å². The van der Waals surface area contributed by atoms with Crippen LogP contribution in [0.5, 0.6) is 0 Å². The second-order valence-electron chi connectivity index (χ2n) is 20.2. The summed E-state index contributed by atoms with van der Waals surface area (Å²) in [5, 5.41) is 12.0. The van der Waals surface area contributed by atoms with Crippen molar-refractivity contribution in [3.05, 3.63) is 71.8 Å². The maximum absolute atomic E-state index is 14.3. The number of ketones is 1. The maximum atomic E-state index is 14.3. The highest BCUT2D eigenvalue weighted by Crippen LogP contribution is 2.48. The van der Waals surface area contributed by atoms with Crippen LogP contribution in [0.4, 0.5) is 0 Å². The Balaban J connectivity index is -0.00000187. The van der Waals surface area contributed by atoms with Crippen LogP contribution in [0.15, 0.2) is 60.7 Å². The van der Waals surface area contributed by atoms with E-state index in [2.05, 4.69) is 44.9 Å². The van der Waals surface area contributed by atoms with Crippen molar-refractivity contribution in [1.29, 1.82) is 0 Å². The van der Waals surface area contributed by atoms with Crippen molar-refractivity contribution in [3.8, 4) is 23.7 Å². The summed E-state index contributed by atoms with van der Waals surface area (Å²) in [7, 11) is 1.73. The summed E-state index contributed by atoms with van der Waals surface area (Å²) < 4.78 is 12.0. The Hall–Kier alpha value is -1.34. The van der Waals surface area contributed by atoms with Crippen LogP contribution < -0.4 is 21.3 Å². The number of rotatable bonds is 19. The Morgan fingerprint density at radius 3 is 1.48 bits per heavy atom. The molecule has 0 aromatic heterocycles. The Morgan fingerprint density at radius 1 is 0.650 bits per heavy atom. The third kappa shape index (κ3) is 23.2. The lowest BCUT2D eigenvalue weighted by atomic mass is 9.83. The Kier molecular flexibility index (Phi) is 45.5. The first kappa shape index (κ1) is 87.4. The van der Waals surface area contributed by atoms with Gasteiger partial charge in [0.1, 0.15) is 37.1 Å². The van der Waals surface area contributed by atoms with Crippen LogP contribution in [0, 0.1) is 46.3 Å². The highest BCUT2D eigenvalue weighted by atomic mass is 32.2. The van der Waals surface area contributed by atoms with E-state index < -0.39 is 47.0 Å². The number of carbonyl (C=O) groups excluding carboxylic acids is 6. The number of nitrogens with one attached hydrogen (secondary N) is 4. The van der Waals surface area contributed by atoms with E-state index in [0.717, 1.165) is 16.9 Å². The average molecular weight is 1340 g/mol. The largest absolute Gasteiger partial charge is 0.366 e. The third-order valence-electron chi connectivity index (χ3n) is 14.1.